The van der Waals surface area contributed by atoms with Crippen molar-refractivity contribution in [2.24, 2.45) is 10.8 Å². The SMILES string of the molecule is CI.CI.CN1CCN(CCOC(=O)C(C)(C)CC(C)(C)C)CC1. The van der Waals surface area contributed by atoms with Crippen molar-refractivity contribution in [3.05, 3.63) is 0 Å². The fourth-order valence-corrected chi connectivity index (χ4v) is 2.93. The van der Waals surface area contributed by atoms with Crippen LogP contribution in [0.3, 0.4) is 0 Å². The van der Waals surface area contributed by atoms with Crippen molar-refractivity contribution in [1.29, 1.82) is 0 Å². The lowest BCUT2D eigenvalue weighted by Crippen LogP contribution is -2.45. The number of ether oxygens (including phenoxy) is 1. The summed E-state index contributed by atoms with van der Waals surface area (Å²) in [4.78, 5) is 20.8. The van der Waals surface area contributed by atoms with E-state index >= 15 is 0 Å². The van der Waals surface area contributed by atoms with E-state index in [0.717, 1.165) is 39.1 Å². The van der Waals surface area contributed by atoms with Crippen LogP contribution in [-0.4, -0.2) is 72.0 Å². The van der Waals surface area contributed by atoms with E-state index in [1.807, 2.05) is 23.7 Å². The third kappa shape index (κ3) is 13.1. The smallest absolute Gasteiger partial charge is 0.311 e. The number of halogens is 2. The van der Waals surface area contributed by atoms with E-state index in [1.54, 1.807) is 0 Å². The molecule has 4 nitrogen and oxygen atoms in total. The highest BCUT2D eigenvalue weighted by Gasteiger charge is 2.33. The second kappa shape index (κ2) is 14.0. The third-order valence-electron chi connectivity index (χ3n) is 3.76. The monoisotopic (exact) mass is 568 g/mol. The Kier molecular flexibility index (Phi) is 15.8. The molecule has 0 saturated carbocycles. The number of nitrogens with zero attached hydrogens (tertiary/aromatic N) is 2. The third-order valence-corrected chi connectivity index (χ3v) is 3.76. The predicted molar refractivity (Wildman–Crippen MR) is 123 cm³/mol. The molecule has 1 rings (SSSR count). The summed E-state index contributed by atoms with van der Waals surface area (Å²) in [6, 6.07) is 0. The molecule has 0 unspecified atom stereocenters. The Balaban J connectivity index is 0. The first-order valence-electron chi connectivity index (χ1n) is 8.44. The van der Waals surface area contributed by atoms with Crippen LogP contribution >= 0.6 is 45.2 Å². The van der Waals surface area contributed by atoms with Gasteiger partial charge in [0, 0.05) is 32.7 Å². The first kappa shape index (κ1) is 27.1. The maximum absolute atomic E-state index is 12.2. The van der Waals surface area contributed by atoms with Crippen LogP contribution in [0.15, 0.2) is 0 Å². The quantitative estimate of drug-likeness (QED) is 0.281. The van der Waals surface area contributed by atoms with Gasteiger partial charge in [-0.25, -0.2) is 0 Å². The molecule has 1 saturated heterocycles. The van der Waals surface area contributed by atoms with Crippen LogP contribution in [0.2, 0.25) is 0 Å². The maximum Gasteiger partial charge on any atom is 0.311 e. The highest BCUT2D eigenvalue weighted by Crippen LogP contribution is 2.34. The van der Waals surface area contributed by atoms with Gasteiger partial charge in [0.15, 0.2) is 0 Å². The molecule has 1 heterocycles. The molecule has 24 heavy (non-hydrogen) atoms. The van der Waals surface area contributed by atoms with E-state index in [-0.39, 0.29) is 11.4 Å². The summed E-state index contributed by atoms with van der Waals surface area (Å²) in [7, 11) is 2.15. The standard InChI is InChI=1S/C16H32N2O2.2CH3I/c1-15(2,3)13-16(4,5)14(19)20-12-11-18-9-7-17(6)8-10-18;2*1-2/h7-13H2,1-6H3;2*1H3. The number of rotatable bonds is 5. The number of esters is 1. The van der Waals surface area contributed by atoms with Gasteiger partial charge in [-0.05, 0) is 42.6 Å². The van der Waals surface area contributed by atoms with Crippen molar-refractivity contribution < 1.29 is 9.53 Å². The molecule has 0 bridgehead atoms. The molecule has 0 radical (unpaired) electrons. The van der Waals surface area contributed by atoms with Crippen LogP contribution < -0.4 is 0 Å². The number of likely N-dealkylation sites (N-methyl/N-ethyl adjacent to an activating group) is 1. The molecule has 0 aliphatic carbocycles. The van der Waals surface area contributed by atoms with Crippen molar-refractivity contribution in [2.75, 3.05) is 56.2 Å². The average molecular weight is 568 g/mol. The van der Waals surface area contributed by atoms with Gasteiger partial charge in [-0.15, -0.1) is 0 Å². The van der Waals surface area contributed by atoms with Crippen molar-refractivity contribution in [1.82, 2.24) is 9.80 Å². The lowest BCUT2D eigenvalue weighted by molar-refractivity contribution is -0.156. The second-order valence-corrected chi connectivity index (χ2v) is 7.90. The molecule has 0 spiro atoms. The Labute approximate surface area is 177 Å². The lowest BCUT2D eigenvalue weighted by atomic mass is 9.76. The van der Waals surface area contributed by atoms with Gasteiger partial charge in [-0.1, -0.05) is 66.0 Å². The minimum absolute atomic E-state index is 0.0680. The maximum atomic E-state index is 12.2. The Morgan fingerprint density at radius 1 is 0.958 bits per heavy atom. The van der Waals surface area contributed by atoms with E-state index in [0.29, 0.717) is 6.61 Å². The van der Waals surface area contributed by atoms with Crippen molar-refractivity contribution in [3.8, 4) is 0 Å². The first-order valence-corrected chi connectivity index (χ1v) is 12.8. The molecule has 1 aliphatic rings. The van der Waals surface area contributed by atoms with E-state index in [2.05, 4.69) is 82.8 Å². The molecule has 0 aromatic heterocycles. The first-order chi connectivity index (χ1) is 11.1. The summed E-state index contributed by atoms with van der Waals surface area (Å²) in [6.07, 6.45) is 0.841. The van der Waals surface area contributed by atoms with Gasteiger partial charge < -0.3 is 9.64 Å². The lowest BCUT2D eigenvalue weighted by Gasteiger charge is -2.33. The van der Waals surface area contributed by atoms with Gasteiger partial charge in [0.25, 0.3) is 0 Å². The molecule has 0 amide bonds. The zero-order chi connectivity index (χ0) is 19.4. The predicted octanol–water partition coefficient (Wildman–Crippen LogP) is 4.34. The Morgan fingerprint density at radius 3 is 1.83 bits per heavy atom. The number of carbonyl (C=O) groups is 1. The highest BCUT2D eigenvalue weighted by molar-refractivity contribution is 14.1. The number of carbonyl (C=O) groups excluding carboxylic acids is 1. The summed E-state index contributed by atoms with van der Waals surface area (Å²) in [5, 5.41) is 0. The molecule has 1 aliphatic heterocycles. The molecule has 146 valence electrons. The second-order valence-electron chi connectivity index (χ2n) is 7.90. The molecular formula is C18H38I2N2O2. The summed E-state index contributed by atoms with van der Waals surface area (Å²) >= 11 is 4.30. The van der Waals surface area contributed by atoms with E-state index in [4.69, 9.17) is 4.74 Å². The van der Waals surface area contributed by atoms with Crippen molar-refractivity contribution in [2.45, 2.75) is 41.0 Å². The van der Waals surface area contributed by atoms with Gasteiger partial charge >= 0.3 is 5.97 Å². The van der Waals surface area contributed by atoms with Crippen LogP contribution in [0.1, 0.15) is 41.0 Å². The average Bonchev–Trinajstić information content (AvgIpc) is 2.51. The number of alkyl halides is 2. The molecule has 0 aromatic rings. The van der Waals surface area contributed by atoms with Crippen LogP contribution in [0.4, 0.5) is 0 Å². The molecule has 0 aromatic carbocycles. The number of hydrogen-bond donors (Lipinski definition) is 0. The van der Waals surface area contributed by atoms with Gasteiger partial charge in [0.05, 0.1) is 5.41 Å². The fourth-order valence-electron chi connectivity index (χ4n) is 2.93. The van der Waals surface area contributed by atoms with Crippen LogP contribution in [0.5, 0.6) is 0 Å². The van der Waals surface area contributed by atoms with Gasteiger partial charge in [-0.2, -0.15) is 0 Å². The summed E-state index contributed by atoms with van der Waals surface area (Å²) in [5.41, 5.74) is -0.264. The van der Waals surface area contributed by atoms with Crippen LogP contribution in [0, 0.1) is 10.8 Å². The zero-order valence-electron chi connectivity index (χ0n) is 16.9. The van der Waals surface area contributed by atoms with Crippen LogP contribution in [-0.2, 0) is 9.53 Å². The Hall–Kier alpha value is 0.850. The molecule has 0 N–H and O–H groups in total. The molecule has 1 fully saturated rings. The number of piperazine rings is 1. The van der Waals surface area contributed by atoms with Gasteiger partial charge in [0.1, 0.15) is 6.61 Å². The van der Waals surface area contributed by atoms with E-state index < -0.39 is 5.41 Å². The Bertz CT molecular complexity index is 323. The minimum atomic E-state index is -0.402. The summed E-state index contributed by atoms with van der Waals surface area (Å²) in [5.74, 6) is -0.0680. The fraction of sp³-hybridized carbons (Fsp3) is 0.944. The van der Waals surface area contributed by atoms with Crippen LogP contribution in [0.25, 0.3) is 0 Å². The normalized spacial score (nSPS) is 16.4. The van der Waals surface area contributed by atoms with Crippen molar-refractivity contribution in [3.63, 3.8) is 0 Å². The number of hydrogen-bond acceptors (Lipinski definition) is 4. The van der Waals surface area contributed by atoms with Gasteiger partial charge in [-0.3, -0.25) is 9.69 Å². The molecule has 0 atom stereocenters. The summed E-state index contributed by atoms with van der Waals surface area (Å²) < 4.78 is 5.49. The molecular weight excluding hydrogens is 530 g/mol. The topological polar surface area (TPSA) is 32.8 Å². The minimum Gasteiger partial charge on any atom is -0.464 e. The summed E-state index contributed by atoms with van der Waals surface area (Å²) in [6.45, 7) is 16.1. The highest BCUT2D eigenvalue weighted by atomic mass is 127. The molecule has 6 heteroatoms. The van der Waals surface area contributed by atoms with E-state index in [9.17, 15) is 4.79 Å². The zero-order valence-corrected chi connectivity index (χ0v) is 21.2. The largest absolute Gasteiger partial charge is 0.464 e. The van der Waals surface area contributed by atoms with Crippen molar-refractivity contribution >= 4 is 51.2 Å². The van der Waals surface area contributed by atoms with Gasteiger partial charge in [0.2, 0.25) is 0 Å². The van der Waals surface area contributed by atoms with E-state index in [1.165, 1.54) is 0 Å². The Morgan fingerprint density at radius 2 is 1.42 bits per heavy atom.